The van der Waals surface area contributed by atoms with Crippen molar-refractivity contribution < 1.29 is 32.2 Å². The minimum absolute atomic E-state index is 0.0235. The third kappa shape index (κ3) is 8.43. The molecule has 2 atom stereocenters. The fraction of sp³-hybridized carbons (Fsp3) is 0.543. The van der Waals surface area contributed by atoms with E-state index in [2.05, 4.69) is 6.07 Å². The van der Waals surface area contributed by atoms with Crippen LogP contribution in [0.5, 0.6) is 0 Å². The molecule has 6 nitrogen and oxygen atoms in total. The van der Waals surface area contributed by atoms with Crippen LogP contribution in [0, 0.1) is 19.8 Å². The fourth-order valence-corrected chi connectivity index (χ4v) is 6.28. The minimum atomic E-state index is -4.27. The lowest BCUT2D eigenvalue weighted by Gasteiger charge is -2.27. The van der Waals surface area contributed by atoms with E-state index < -0.39 is 36.0 Å². The number of likely N-dealkylation sites (tertiary alicyclic amines) is 1. The number of alkyl halides is 3. The number of ether oxygens (including phenoxy) is 2. The molecule has 0 bridgehead atoms. The zero-order chi connectivity index (χ0) is 32.6. The summed E-state index contributed by atoms with van der Waals surface area (Å²) in [6, 6.07) is 11.3. The quantitative estimate of drug-likeness (QED) is 0.270. The first-order chi connectivity index (χ1) is 20.3. The number of nitrogens with zero attached hydrogens (tertiary/aromatic N) is 2. The number of fused-ring (bicyclic) bond motifs is 1. The number of halogens is 3. The lowest BCUT2D eigenvalue weighted by Crippen LogP contribution is -2.35. The van der Waals surface area contributed by atoms with Gasteiger partial charge in [0.05, 0.1) is 17.6 Å². The van der Waals surface area contributed by atoms with Gasteiger partial charge >= 0.3 is 18.2 Å². The van der Waals surface area contributed by atoms with Crippen molar-refractivity contribution in [2.24, 2.45) is 5.92 Å². The number of carbonyl (C=O) groups excluding carboxylic acids is 2. The molecular formula is C35H45F3N2O4. The SMILES string of the molecule is Cc1cc(C)c2c(ccn2C(=O)OC(C)(C)C)c1C[C@@H]1CCN(CC(F)(F)F)CC[C@H]1c1ccc(C(=O)OC(C)(C)C)cc1. The second kappa shape index (κ2) is 12.6. The Kier molecular flexibility index (Phi) is 9.60. The van der Waals surface area contributed by atoms with Gasteiger partial charge in [0.2, 0.25) is 0 Å². The smallest absolute Gasteiger partial charge is 0.418 e. The summed E-state index contributed by atoms with van der Waals surface area (Å²) in [5, 5.41) is 0.948. The van der Waals surface area contributed by atoms with E-state index in [1.54, 1.807) is 22.9 Å². The molecule has 0 aliphatic carbocycles. The average molecular weight is 615 g/mol. The molecule has 1 aromatic heterocycles. The van der Waals surface area contributed by atoms with Gasteiger partial charge in [-0.2, -0.15) is 13.2 Å². The van der Waals surface area contributed by atoms with Crippen LogP contribution in [0.3, 0.4) is 0 Å². The van der Waals surface area contributed by atoms with Gasteiger partial charge < -0.3 is 9.47 Å². The van der Waals surface area contributed by atoms with Gasteiger partial charge in [0, 0.05) is 11.6 Å². The molecule has 1 fully saturated rings. The highest BCUT2D eigenvalue weighted by atomic mass is 19.4. The summed E-state index contributed by atoms with van der Waals surface area (Å²) in [4.78, 5) is 27.2. The van der Waals surface area contributed by atoms with Gasteiger partial charge in [-0.15, -0.1) is 0 Å². The molecular weight excluding hydrogens is 569 g/mol. The molecule has 0 radical (unpaired) electrons. The van der Waals surface area contributed by atoms with Crippen molar-refractivity contribution in [1.82, 2.24) is 9.47 Å². The van der Waals surface area contributed by atoms with E-state index in [0.29, 0.717) is 37.9 Å². The molecule has 0 spiro atoms. The summed E-state index contributed by atoms with van der Waals surface area (Å²) in [5.41, 5.74) is 4.04. The standard InChI is InChI=1S/C35H45F3N2O4/c1-22-19-23(2)30-28(15-18-40(30)32(42)44-34(6,7)8)29(22)20-26-13-16-39(21-35(36,37)38)17-14-27(26)24-9-11-25(12-10-24)31(41)43-33(3,4)5/h9-12,15,18-19,26-27H,13-14,16-17,20-21H2,1-8H3/t26-,27-/m0/s1. The van der Waals surface area contributed by atoms with Crippen molar-refractivity contribution in [3.63, 3.8) is 0 Å². The van der Waals surface area contributed by atoms with Crippen LogP contribution in [-0.2, 0) is 15.9 Å². The van der Waals surface area contributed by atoms with Gasteiger partial charge in [-0.25, -0.2) is 9.59 Å². The third-order valence-electron chi connectivity index (χ3n) is 8.07. The van der Waals surface area contributed by atoms with Crippen molar-refractivity contribution in [3.8, 4) is 0 Å². The zero-order valence-electron chi connectivity index (χ0n) is 27.1. The van der Waals surface area contributed by atoms with Crippen LogP contribution < -0.4 is 0 Å². The van der Waals surface area contributed by atoms with Crippen LogP contribution >= 0.6 is 0 Å². The van der Waals surface area contributed by atoms with Crippen molar-refractivity contribution in [1.29, 1.82) is 0 Å². The Labute approximate surface area is 258 Å². The van der Waals surface area contributed by atoms with E-state index in [9.17, 15) is 22.8 Å². The van der Waals surface area contributed by atoms with Crippen LogP contribution in [0.15, 0.2) is 42.6 Å². The molecule has 0 amide bonds. The molecule has 240 valence electrons. The summed E-state index contributed by atoms with van der Waals surface area (Å²) in [6.45, 7) is 14.7. The Morgan fingerprint density at radius 3 is 2.07 bits per heavy atom. The number of aromatic nitrogens is 1. The Bertz CT molecular complexity index is 1490. The normalized spacial score (nSPS) is 18.7. The maximum atomic E-state index is 13.4. The van der Waals surface area contributed by atoms with Crippen molar-refractivity contribution in [2.45, 2.75) is 97.9 Å². The first kappa shape index (κ1) is 33.6. The van der Waals surface area contributed by atoms with E-state index in [-0.39, 0.29) is 11.8 Å². The maximum Gasteiger partial charge on any atom is 0.418 e. The van der Waals surface area contributed by atoms with Crippen LogP contribution in [0.1, 0.15) is 92.9 Å². The summed E-state index contributed by atoms with van der Waals surface area (Å²) in [7, 11) is 0. The fourth-order valence-electron chi connectivity index (χ4n) is 6.28. The minimum Gasteiger partial charge on any atom is -0.456 e. The molecule has 9 heteroatoms. The van der Waals surface area contributed by atoms with Gasteiger partial charge in [-0.1, -0.05) is 18.2 Å². The van der Waals surface area contributed by atoms with Crippen LogP contribution in [0.2, 0.25) is 0 Å². The van der Waals surface area contributed by atoms with Gasteiger partial charge in [-0.05, 0) is 140 Å². The van der Waals surface area contributed by atoms with Crippen LogP contribution in [0.25, 0.3) is 10.9 Å². The highest BCUT2D eigenvalue weighted by Gasteiger charge is 2.35. The van der Waals surface area contributed by atoms with E-state index >= 15 is 0 Å². The third-order valence-corrected chi connectivity index (χ3v) is 8.07. The number of aryl methyl sites for hydroxylation is 2. The predicted molar refractivity (Wildman–Crippen MR) is 166 cm³/mol. The van der Waals surface area contributed by atoms with Gasteiger partial charge in [-0.3, -0.25) is 9.47 Å². The van der Waals surface area contributed by atoms with Crippen molar-refractivity contribution in [3.05, 3.63) is 70.4 Å². The molecule has 2 aromatic carbocycles. The number of esters is 1. The summed E-state index contributed by atoms with van der Waals surface area (Å²) < 4.78 is 52.9. The molecule has 1 aliphatic rings. The zero-order valence-corrected chi connectivity index (χ0v) is 27.1. The van der Waals surface area contributed by atoms with E-state index in [1.165, 1.54) is 4.90 Å². The van der Waals surface area contributed by atoms with Crippen LogP contribution in [-0.4, -0.2) is 58.5 Å². The average Bonchev–Trinajstić information content (AvgIpc) is 3.23. The molecule has 0 saturated carbocycles. The number of hydrogen-bond donors (Lipinski definition) is 0. The van der Waals surface area contributed by atoms with Gasteiger partial charge in [0.15, 0.2) is 0 Å². The lowest BCUT2D eigenvalue weighted by atomic mass is 9.77. The van der Waals surface area contributed by atoms with Crippen molar-refractivity contribution in [2.75, 3.05) is 19.6 Å². The molecule has 0 unspecified atom stereocenters. The lowest BCUT2D eigenvalue weighted by molar-refractivity contribution is -0.145. The second-order valence-corrected chi connectivity index (χ2v) is 14.1. The first-order valence-electron chi connectivity index (χ1n) is 15.3. The second-order valence-electron chi connectivity index (χ2n) is 14.1. The predicted octanol–water partition coefficient (Wildman–Crippen LogP) is 8.60. The topological polar surface area (TPSA) is 60.8 Å². The molecule has 4 rings (SSSR count). The Morgan fingerprint density at radius 1 is 0.864 bits per heavy atom. The Balaban J connectivity index is 1.70. The van der Waals surface area contributed by atoms with E-state index in [4.69, 9.17) is 9.47 Å². The molecule has 3 aromatic rings. The molecule has 1 aliphatic heterocycles. The molecule has 1 saturated heterocycles. The highest BCUT2D eigenvalue weighted by Crippen LogP contribution is 2.39. The van der Waals surface area contributed by atoms with Gasteiger partial charge in [0.1, 0.15) is 11.2 Å². The number of carbonyl (C=O) groups is 2. The molecule has 44 heavy (non-hydrogen) atoms. The maximum absolute atomic E-state index is 13.4. The summed E-state index contributed by atoms with van der Waals surface area (Å²) >= 11 is 0. The van der Waals surface area contributed by atoms with Crippen molar-refractivity contribution >= 4 is 23.0 Å². The first-order valence-corrected chi connectivity index (χ1v) is 15.3. The molecule has 0 N–H and O–H groups in total. The summed E-state index contributed by atoms with van der Waals surface area (Å²) in [5.74, 6) is -0.398. The number of rotatable bonds is 5. The summed E-state index contributed by atoms with van der Waals surface area (Å²) in [6.07, 6.45) is -1.21. The Hall–Kier alpha value is -3.33. The van der Waals surface area contributed by atoms with E-state index in [1.807, 2.05) is 73.6 Å². The van der Waals surface area contributed by atoms with E-state index in [0.717, 1.165) is 33.2 Å². The number of benzene rings is 2. The highest BCUT2D eigenvalue weighted by molar-refractivity contribution is 5.94. The van der Waals surface area contributed by atoms with Crippen LogP contribution in [0.4, 0.5) is 18.0 Å². The molecule has 2 heterocycles. The Morgan fingerprint density at radius 2 is 1.48 bits per heavy atom. The largest absolute Gasteiger partial charge is 0.456 e. The number of hydrogen-bond acceptors (Lipinski definition) is 5. The monoisotopic (exact) mass is 614 g/mol. The van der Waals surface area contributed by atoms with Gasteiger partial charge in [0.25, 0.3) is 0 Å².